The predicted molar refractivity (Wildman–Crippen MR) is 84.8 cm³/mol. The van der Waals surface area contributed by atoms with Gasteiger partial charge in [0, 0.05) is 13.6 Å². The zero-order valence-corrected chi connectivity index (χ0v) is 13.4. The van der Waals surface area contributed by atoms with E-state index >= 15 is 0 Å². The molecule has 0 aliphatic heterocycles. The third-order valence-electron chi connectivity index (χ3n) is 4.23. The van der Waals surface area contributed by atoms with Gasteiger partial charge >= 0.3 is 12.0 Å². The van der Waals surface area contributed by atoms with Crippen LogP contribution >= 0.6 is 0 Å². The van der Waals surface area contributed by atoms with Crippen LogP contribution in [0.1, 0.15) is 42.5 Å². The lowest BCUT2D eigenvalue weighted by Crippen LogP contribution is -2.43. The van der Waals surface area contributed by atoms with Crippen molar-refractivity contribution in [2.45, 2.75) is 39.2 Å². The number of nitrogens with one attached hydrogen (secondary N) is 1. The summed E-state index contributed by atoms with van der Waals surface area (Å²) in [5.41, 5.74) is 3.68. The summed E-state index contributed by atoms with van der Waals surface area (Å²) < 4.78 is 0. The highest BCUT2D eigenvalue weighted by atomic mass is 16.4. The Morgan fingerprint density at radius 2 is 2.18 bits per heavy atom. The SMILES string of the molecule is Cc1ccc2c(c1)[C@H](NC(=O)N(C)CC(C)C(=O)O)CCC2. The van der Waals surface area contributed by atoms with Gasteiger partial charge < -0.3 is 15.3 Å². The van der Waals surface area contributed by atoms with Gasteiger partial charge in [-0.25, -0.2) is 4.79 Å². The number of nitrogens with zero attached hydrogens (tertiary/aromatic N) is 1. The van der Waals surface area contributed by atoms with Crippen LogP contribution in [0.2, 0.25) is 0 Å². The van der Waals surface area contributed by atoms with Crippen LogP contribution in [-0.4, -0.2) is 35.6 Å². The number of benzene rings is 1. The molecule has 0 saturated carbocycles. The molecule has 2 N–H and O–H groups in total. The fourth-order valence-electron chi connectivity index (χ4n) is 2.90. The van der Waals surface area contributed by atoms with Crippen LogP contribution in [-0.2, 0) is 11.2 Å². The molecule has 1 aliphatic rings. The standard InChI is InChI=1S/C17H24N2O3/c1-11-7-8-13-5-4-6-15(14(13)9-11)18-17(22)19(3)10-12(2)16(20)21/h7-9,12,15H,4-6,10H2,1-3H3,(H,18,22)(H,20,21)/t12?,15-/m1/s1. The molecule has 5 heteroatoms. The van der Waals surface area contributed by atoms with Crippen LogP contribution in [0.15, 0.2) is 18.2 Å². The molecule has 22 heavy (non-hydrogen) atoms. The van der Waals surface area contributed by atoms with Crippen molar-refractivity contribution in [3.8, 4) is 0 Å². The maximum absolute atomic E-state index is 12.3. The van der Waals surface area contributed by atoms with Crippen molar-refractivity contribution in [2.24, 2.45) is 5.92 Å². The number of rotatable bonds is 4. The van der Waals surface area contributed by atoms with Crippen molar-refractivity contribution < 1.29 is 14.7 Å². The Morgan fingerprint density at radius 3 is 2.86 bits per heavy atom. The van der Waals surface area contributed by atoms with Crippen LogP contribution in [0.25, 0.3) is 0 Å². The number of aliphatic carboxylic acids is 1. The van der Waals surface area contributed by atoms with Crippen LogP contribution in [0.5, 0.6) is 0 Å². The minimum Gasteiger partial charge on any atom is -0.481 e. The van der Waals surface area contributed by atoms with Gasteiger partial charge in [-0.05, 0) is 37.3 Å². The Morgan fingerprint density at radius 1 is 1.45 bits per heavy atom. The maximum atomic E-state index is 12.3. The summed E-state index contributed by atoms with van der Waals surface area (Å²) >= 11 is 0. The normalized spacial score (nSPS) is 18.2. The average molecular weight is 304 g/mol. The molecular formula is C17H24N2O3. The van der Waals surface area contributed by atoms with E-state index in [2.05, 4.69) is 30.4 Å². The van der Waals surface area contributed by atoms with Gasteiger partial charge in [0.05, 0.1) is 12.0 Å². The molecule has 0 aromatic heterocycles. The molecular weight excluding hydrogens is 280 g/mol. The second-order valence-corrected chi connectivity index (χ2v) is 6.22. The van der Waals surface area contributed by atoms with Crippen LogP contribution < -0.4 is 5.32 Å². The number of fused-ring (bicyclic) bond motifs is 1. The van der Waals surface area contributed by atoms with E-state index in [9.17, 15) is 9.59 Å². The Balaban J connectivity index is 2.04. The molecule has 1 unspecified atom stereocenters. The molecule has 120 valence electrons. The zero-order valence-electron chi connectivity index (χ0n) is 13.4. The summed E-state index contributed by atoms with van der Waals surface area (Å²) in [5, 5.41) is 12.0. The maximum Gasteiger partial charge on any atom is 0.317 e. The van der Waals surface area contributed by atoms with E-state index in [1.165, 1.54) is 21.6 Å². The van der Waals surface area contributed by atoms with Crippen LogP contribution in [0.3, 0.4) is 0 Å². The van der Waals surface area contributed by atoms with E-state index in [0.717, 1.165) is 19.3 Å². The van der Waals surface area contributed by atoms with E-state index < -0.39 is 11.9 Å². The molecule has 2 rings (SSSR count). The number of aryl methyl sites for hydroxylation is 2. The first-order valence-electron chi connectivity index (χ1n) is 7.72. The lowest BCUT2D eigenvalue weighted by molar-refractivity contribution is -0.141. The Bertz CT molecular complexity index is 571. The molecule has 1 aliphatic carbocycles. The van der Waals surface area contributed by atoms with Crippen molar-refractivity contribution in [3.05, 3.63) is 34.9 Å². The van der Waals surface area contributed by atoms with Crippen LogP contribution in [0.4, 0.5) is 4.79 Å². The number of carboxylic acid groups (broad SMARTS) is 1. The van der Waals surface area contributed by atoms with Gasteiger partial charge in [-0.1, -0.05) is 30.7 Å². The summed E-state index contributed by atoms with van der Waals surface area (Å²) in [7, 11) is 1.63. The van der Waals surface area contributed by atoms with E-state index in [-0.39, 0.29) is 18.6 Å². The molecule has 0 bridgehead atoms. The van der Waals surface area contributed by atoms with E-state index in [4.69, 9.17) is 5.11 Å². The second kappa shape index (κ2) is 6.81. The molecule has 0 saturated heterocycles. The topological polar surface area (TPSA) is 69.6 Å². The Hall–Kier alpha value is -2.04. The van der Waals surface area contributed by atoms with Gasteiger partial charge in [0.2, 0.25) is 0 Å². The number of carboxylic acids is 1. The van der Waals surface area contributed by atoms with E-state index in [1.54, 1.807) is 14.0 Å². The molecule has 5 nitrogen and oxygen atoms in total. The highest BCUT2D eigenvalue weighted by Crippen LogP contribution is 2.30. The Labute approximate surface area is 131 Å². The summed E-state index contributed by atoms with van der Waals surface area (Å²) in [6.07, 6.45) is 3.02. The number of urea groups is 1. The molecule has 0 heterocycles. The monoisotopic (exact) mass is 304 g/mol. The number of hydrogen-bond acceptors (Lipinski definition) is 2. The number of carbonyl (C=O) groups is 2. The lowest BCUT2D eigenvalue weighted by Gasteiger charge is -2.29. The van der Waals surface area contributed by atoms with Gasteiger partial charge in [0.25, 0.3) is 0 Å². The first-order chi connectivity index (χ1) is 10.4. The van der Waals surface area contributed by atoms with Gasteiger partial charge in [0.15, 0.2) is 0 Å². The van der Waals surface area contributed by atoms with Crippen molar-refractivity contribution in [2.75, 3.05) is 13.6 Å². The molecule has 0 fully saturated rings. The zero-order chi connectivity index (χ0) is 16.3. The van der Waals surface area contributed by atoms with Gasteiger partial charge in [-0.2, -0.15) is 0 Å². The lowest BCUT2D eigenvalue weighted by atomic mass is 9.87. The third-order valence-corrected chi connectivity index (χ3v) is 4.23. The third kappa shape index (κ3) is 3.78. The first-order valence-corrected chi connectivity index (χ1v) is 7.72. The molecule has 2 amide bonds. The van der Waals surface area contributed by atoms with E-state index in [0.29, 0.717) is 0 Å². The van der Waals surface area contributed by atoms with Crippen molar-refractivity contribution in [1.29, 1.82) is 0 Å². The number of amides is 2. The van der Waals surface area contributed by atoms with Gasteiger partial charge in [0.1, 0.15) is 0 Å². The van der Waals surface area contributed by atoms with E-state index in [1.807, 2.05) is 0 Å². The molecule has 0 spiro atoms. The highest BCUT2D eigenvalue weighted by Gasteiger charge is 2.24. The smallest absolute Gasteiger partial charge is 0.317 e. The fourth-order valence-corrected chi connectivity index (χ4v) is 2.90. The quantitative estimate of drug-likeness (QED) is 0.898. The van der Waals surface area contributed by atoms with Gasteiger partial charge in [-0.3, -0.25) is 4.79 Å². The minimum absolute atomic E-state index is 0.0127. The van der Waals surface area contributed by atoms with Crippen LogP contribution in [0, 0.1) is 12.8 Å². The van der Waals surface area contributed by atoms with Crippen molar-refractivity contribution in [3.63, 3.8) is 0 Å². The molecule has 0 radical (unpaired) electrons. The molecule has 1 aromatic carbocycles. The summed E-state index contributed by atoms with van der Waals surface area (Å²) in [6, 6.07) is 6.17. The largest absolute Gasteiger partial charge is 0.481 e. The number of carbonyl (C=O) groups excluding carboxylic acids is 1. The summed E-state index contributed by atoms with van der Waals surface area (Å²) in [6.45, 7) is 3.86. The van der Waals surface area contributed by atoms with Crippen molar-refractivity contribution in [1.82, 2.24) is 10.2 Å². The first kappa shape index (κ1) is 16.3. The van der Waals surface area contributed by atoms with Gasteiger partial charge in [-0.15, -0.1) is 0 Å². The minimum atomic E-state index is -0.890. The summed E-state index contributed by atoms with van der Waals surface area (Å²) in [5.74, 6) is -1.46. The molecule has 1 aromatic rings. The number of hydrogen-bond donors (Lipinski definition) is 2. The average Bonchev–Trinajstić information content (AvgIpc) is 2.47. The second-order valence-electron chi connectivity index (χ2n) is 6.22. The Kier molecular flexibility index (Phi) is 5.06. The highest BCUT2D eigenvalue weighted by molar-refractivity contribution is 5.76. The molecule has 2 atom stereocenters. The predicted octanol–water partition coefficient (Wildman–Crippen LogP) is 2.73. The van der Waals surface area contributed by atoms with Crippen molar-refractivity contribution >= 4 is 12.0 Å². The fraction of sp³-hybridized carbons (Fsp3) is 0.529. The summed E-state index contributed by atoms with van der Waals surface area (Å²) in [4.78, 5) is 24.6.